The van der Waals surface area contributed by atoms with E-state index in [-0.39, 0.29) is 0 Å². The minimum atomic E-state index is 0.790. The molecule has 1 atom stereocenters. The molecule has 1 aliphatic rings. The van der Waals surface area contributed by atoms with E-state index >= 15 is 0 Å². The van der Waals surface area contributed by atoms with E-state index in [1.165, 1.54) is 42.4 Å². The van der Waals surface area contributed by atoms with Crippen LogP contribution in [0.3, 0.4) is 0 Å². The third-order valence-corrected chi connectivity index (χ3v) is 4.01. The number of aryl methyl sites for hydroxylation is 1. The predicted octanol–water partition coefficient (Wildman–Crippen LogP) is 2.51. The molecular formula is C15H21N3. The Morgan fingerprint density at radius 1 is 1.28 bits per heavy atom. The quantitative estimate of drug-likeness (QED) is 0.878. The first-order valence-electron chi connectivity index (χ1n) is 6.96. The van der Waals surface area contributed by atoms with E-state index in [2.05, 4.69) is 29.6 Å². The van der Waals surface area contributed by atoms with Crippen molar-refractivity contribution >= 4 is 10.9 Å². The fourth-order valence-electron chi connectivity index (χ4n) is 3.01. The van der Waals surface area contributed by atoms with Crippen LogP contribution in [0.2, 0.25) is 0 Å². The summed E-state index contributed by atoms with van der Waals surface area (Å²) in [6.45, 7) is 2.34. The predicted molar refractivity (Wildman–Crippen MR) is 74.6 cm³/mol. The van der Waals surface area contributed by atoms with Gasteiger partial charge in [-0.1, -0.05) is 18.2 Å². The third kappa shape index (κ3) is 2.27. The number of para-hydroxylation sites is 1. The number of rotatable bonds is 2. The van der Waals surface area contributed by atoms with Crippen LogP contribution in [-0.4, -0.2) is 22.9 Å². The molecule has 1 aliphatic heterocycles. The molecule has 0 radical (unpaired) electrons. The zero-order valence-electron chi connectivity index (χ0n) is 11.0. The maximum absolute atomic E-state index is 4.71. The van der Waals surface area contributed by atoms with Gasteiger partial charge in [0.05, 0.1) is 11.2 Å². The van der Waals surface area contributed by atoms with Crippen molar-refractivity contribution in [2.75, 3.05) is 13.1 Å². The van der Waals surface area contributed by atoms with Gasteiger partial charge in [-0.15, -0.1) is 0 Å². The van der Waals surface area contributed by atoms with E-state index < -0.39 is 0 Å². The summed E-state index contributed by atoms with van der Waals surface area (Å²) in [5.74, 6) is 0.790. The van der Waals surface area contributed by atoms with Crippen LogP contribution in [0.1, 0.15) is 25.0 Å². The van der Waals surface area contributed by atoms with Crippen LogP contribution in [0, 0.1) is 5.92 Å². The maximum Gasteiger partial charge on any atom is 0.0706 e. The summed E-state index contributed by atoms with van der Waals surface area (Å²) in [6.07, 6.45) is 5.04. The molecule has 0 amide bonds. The molecule has 0 bridgehead atoms. The molecule has 1 aromatic carbocycles. The maximum atomic E-state index is 4.71. The Morgan fingerprint density at radius 2 is 2.17 bits per heavy atom. The molecule has 1 aromatic heterocycles. The topological polar surface area (TPSA) is 29.9 Å². The smallest absolute Gasteiger partial charge is 0.0706 e. The molecule has 96 valence electrons. The fraction of sp³-hybridized carbons (Fsp3) is 0.533. The Hall–Kier alpha value is -1.35. The van der Waals surface area contributed by atoms with Crippen molar-refractivity contribution in [3.05, 3.63) is 30.0 Å². The number of benzene rings is 1. The summed E-state index contributed by atoms with van der Waals surface area (Å²) in [5.41, 5.74) is 2.53. The van der Waals surface area contributed by atoms with Crippen molar-refractivity contribution in [3.63, 3.8) is 0 Å². The minimum absolute atomic E-state index is 0.790. The Balaban J connectivity index is 1.85. The van der Waals surface area contributed by atoms with Gasteiger partial charge in [-0.05, 0) is 50.8 Å². The van der Waals surface area contributed by atoms with Gasteiger partial charge in [-0.2, -0.15) is 5.10 Å². The van der Waals surface area contributed by atoms with Gasteiger partial charge in [0.25, 0.3) is 0 Å². The van der Waals surface area contributed by atoms with Crippen LogP contribution < -0.4 is 5.32 Å². The molecular weight excluding hydrogens is 222 g/mol. The van der Waals surface area contributed by atoms with E-state index in [4.69, 9.17) is 5.10 Å². The third-order valence-electron chi connectivity index (χ3n) is 4.01. The molecule has 0 saturated carbocycles. The van der Waals surface area contributed by atoms with Crippen molar-refractivity contribution in [2.45, 2.75) is 25.7 Å². The lowest BCUT2D eigenvalue weighted by molar-refractivity contribution is 0.464. The molecule has 3 nitrogen and oxygen atoms in total. The van der Waals surface area contributed by atoms with Crippen molar-refractivity contribution in [3.8, 4) is 0 Å². The highest BCUT2D eigenvalue weighted by Crippen LogP contribution is 2.24. The van der Waals surface area contributed by atoms with Crippen LogP contribution in [0.4, 0.5) is 0 Å². The van der Waals surface area contributed by atoms with Crippen molar-refractivity contribution < 1.29 is 0 Å². The molecule has 1 fully saturated rings. The van der Waals surface area contributed by atoms with Gasteiger partial charge in [0.1, 0.15) is 0 Å². The molecule has 1 saturated heterocycles. The molecule has 0 spiro atoms. The van der Waals surface area contributed by atoms with E-state index in [9.17, 15) is 0 Å². The first-order valence-corrected chi connectivity index (χ1v) is 6.96. The average Bonchev–Trinajstić information content (AvgIpc) is 2.58. The lowest BCUT2D eigenvalue weighted by Crippen LogP contribution is -2.14. The largest absolute Gasteiger partial charge is 0.317 e. The lowest BCUT2D eigenvalue weighted by atomic mass is 9.94. The zero-order valence-corrected chi connectivity index (χ0v) is 11.0. The van der Waals surface area contributed by atoms with Gasteiger partial charge in [0.2, 0.25) is 0 Å². The SMILES string of the molecule is Cn1nc(CC2CCCNCC2)c2ccccc21. The van der Waals surface area contributed by atoms with Gasteiger partial charge >= 0.3 is 0 Å². The number of nitrogens with one attached hydrogen (secondary N) is 1. The normalized spacial score (nSPS) is 21.1. The summed E-state index contributed by atoms with van der Waals surface area (Å²) in [6, 6.07) is 8.55. The van der Waals surface area contributed by atoms with Crippen molar-refractivity contribution in [1.29, 1.82) is 0 Å². The second-order valence-corrected chi connectivity index (χ2v) is 5.34. The van der Waals surface area contributed by atoms with E-state index in [0.717, 1.165) is 18.9 Å². The summed E-state index contributed by atoms with van der Waals surface area (Å²) in [7, 11) is 2.04. The molecule has 18 heavy (non-hydrogen) atoms. The van der Waals surface area contributed by atoms with Crippen molar-refractivity contribution in [1.82, 2.24) is 15.1 Å². The number of nitrogens with zero attached hydrogens (tertiary/aromatic N) is 2. The average molecular weight is 243 g/mol. The summed E-state index contributed by atoms with van der Waals surface area (Å²) in [4.78, 5) is 0. The first kappa shape index (κ1) is 11.7. The highest BCUT2D eigenvalue weighted by molar-refractivity contribution is 5.81. The number of hydrogen-bond acceptors (Lipinski definition) is 2. The van der Waals surface area contributed by atoms with Crippen LogP contribution in [0.25, 0.3) is 10.9 Å². The van der Waals surface area contributed by atoms with E-state index in [1.807, 2.05) is 11.7 Å². The summed E-state index contributed by atoms with van der Waals surface area (Å²) >= 11 is 0. The molecule has 1 N–H and O–H groups in total. The highest BCUT2D eigenvalue weighted by Gasteiger charge is 2.16. The number of aromatic nitrogens is 2. The first-order chi connectivity index (χ1) is 8.84. The summed E-state index contributed by atoms with van der Waals surface area (Å²) < 4.78 is 2.01. The highest BCUT2D eigenvalue weighted by atomic mass is 15.3. The zero-order chi connectivity index (χ0) is 12.4. The second-order valence-electron chi connectivity index (χ2n) is 5.34. The van der Waals surface area contributed by atoms with Gasteiger partial charge in [0, 0.05) is 12.4 Å². The van der Waals surface area contributed by atoms with Crippen LogP contribution in [0.5, 0.6) is 0 Å². The molecule has 0 aliphatic carbocycles. The number of hydrogen-bond donors (Lipinski definition) is 1. The molecule has 2 aromatic rings. The summed E-state index contributed by atoms with van der Waals surface area (Å²) in [5, 5.41) is 9.52. The van der Waals surface area contributed by atoms with Gasteiger partial charge in [-0.25, -0.2) is 0 Å². The van der Waals surface area contributed by atoms with Gasteiger partial charge in [-0.3, -0.25) is 4.68 Å². The van der Waals surface area contributed by atoms with Gasteiger partial charge < -0.3 is 5.32 Å². The van der Waals surface area contributed by atoms with Crippen molar-refractivity contribution in [2.24, 2.45) is 13.0 Å². The lowest BCUT2D eigenvalue weighted by Gasteiger charge is -2.11. The molecule has 3 rings (SSSR count). The van der Waals surface area contributed by atoms with Gasteiger partial charge in [0.15, 0.2) is 0 Å². The molecule has 3 heteroatoms. The van der Waals surface area contributed by atoms with Crippen LogP contribution in [0.15, 0.2) is 24.3 Å². The monoisotopic (exact) mass is 243 g/mol. The Morgan fingerprint density at radius 3 is 3.11 bits per heavy atom. The fourth-order valence-corrected chi connectivity index (χ4v) is 3.01. The molecule has 1 unspecified atom stereocenters. The standard InChI is InChI=1S/C15H21N3/c1-18-15-7-3-2-6-13(15)14(17-18)11-12-5-4-9-16-10-8-12/h2-3,6-7,12,16H,4-5,8-11H2,1H3. The Kier molecular flexibility index (Phi) is 3.33. The van der Waals surface area contributed by atoms with Crippen LogP contribution >= 0.6 is 0 Å². The minimum Gasteiger partial charge on any atom is -0.317 e. The van der Waals surface area contributed by atoms with E-state index in [1.54, 1.807) is 0 Å². The van der Waals surface area contributed by atoms with E-state index in [0.29, 0.717) is 0 Å². The second kappa shape index (κ2) is 5.11. The Bertz CT molecular complexity index is 522. The van der Waals surface area contributed by atoms with Crippen LogP contribution in [-0.2, 0) is 13.5 Å². The molecule has 2 heterocycles. The Labute approximate surface area is 108 Å². The number of fused-ring (bicyclic) bond motifs is 1.